The molecule has 1 aromatic heterocycles. The summed E-state index contributed by atoms with van der Waals surface area (Å²) in [5, 5.41) is 26.1. The molecule has 35 heavy (non-hydrogen) atoms. The first-order valence-electron chi connectivity index (χ1n) is 11.2. The number of hydrogen-bond donors (Lipinski definition) is 4. The number of para-hydroxylation sites is 1. The zero-order chi connectivity index (χ0) is 25.1. The van der Waals surface area contributed by atoms with Crippen molar-refractivity contribution in [3.8, 4) is 17.2 Å². The van der Waals surface area contributed by atoms with Gasteiger partial charge in [0.25, 0.3) is 0 Å². The number of phenolic OH excluding ortho intramolecular Hbond substituents is 1. The van der Waals surface area contributed by atoms with E-state index in [2.05, 4.69) is 10.6 Å². The first kappa shape index (κ1) is 23.9. The van der Waals surface area contributed by atoms with Gasteiger partial charge in [-0.2, -0.15) is 0 Å². The molecule has 0 radical (unpaired) electrons. The quantitative estimate of drug-likeness (QED) is 0.427. The SMILES string of the molecule is COc1cc(C(CC(=O)NC2CCc3ccccc3NC2=O)c2oc(C)cc(=O)c2O)ccc1O. The second kappa shape index (κ2) is 9.92. The van der Waals surface area contributed by atoms with E-state index in [4.69, 9.17) is 9.15 Å². The summed E-state index contributed by atoms with van der Waals surface area (Å²) in [5.41, 5.74) is 1.53. The number of ether oxygens (including phenoxy) is 1. The van der Waals surface area contributed by atoms with Crippen molar-refractivity contribution in [2.45, 2.75) is 38.1 Å². The van der Waals surface area contributed by atoms with Gasteiger partial charge in [0.1, 0.15) is 11.8 Å². The number of hydrogen-bond acceptors (Lipinski definition) is 7. The molecule has 1 aliphatic rings. The minimum atomic E-state index is -0.886. The van der Waals surface area contributed by atoms with Crippen LogP contribution in [0.1, 0.15) is 41.4 Å². The average molecular weight is 479 g/mol. The van der Waals surface area contributed by atoms with Crippen LogP contribution in [-0.4, -0.2) is 35.2 Å². The van der Waals surface area contributed by atoms with Gasteiger partial charge in [0, 0.05) is 18.2 Å². The molecule has 0 fully saturated rings. The molecule has 3 aromatic rings. The first-order valence-corrected chi connectivity index (χ1v) is 11.2. The number of methoxy groups -OCH3 is 1. The number of benzene rings is 2. The van der Waals surface area contributed by atoms with E-state index < -0.39 is 29.0 Å². The maximum absolute atomic E-state index is 13.1. The Kier molecular flexibility index (Phi) is 6.77. The van der Waals surface area contributed by atoms with Crippen LogP contribution in [0.3, 0.4) is 0 Å². The maximum Gasteiger partial charge on any atom is 0.246 e. The van der Waals surface area contributed by atoms with Crippen LogP contribution in [0, 0.1) is 6.92 Å². The summed E-state index contributed by atoms with van der Waals surface area (Å²) in [5.74, 6) is -2.07. The lowest BCUT2D eigenvalue weighted by molar-refractivity contribution is -0.126. The minimum absolute atomic E-state index is 0.0874. The van der Waals surface area contributed by atoms with Gasteiger partial charge in [0.05, 0.1) is 13.0 Å². The summed E-state index contributed by atoms with van der Waals surface area (Å²) in [6.45, 7) is 1.56. The van der Waals surface area contributed by atoms with Crippen molar-refractivity contribution in [2.75, 3.05) is 12.4 Å². The van der Waals surface area contributed by atoms with Gasteiger partial charge in [0.15, 0.2) is 17.3 Å². The second-order valence-corrected chi connectivity index (χ2v) is 8.43. The zero-order valence-electron chi connectivity index (χ0n) is 19.3. The summed E-state index contributed by atoms with van der Waals surface area (Å²) in [7, 11) is 1.38. The molecule has 0 bridgehead atoms. The number of carbonyl (C=O) groups is 2. The lowest BCUT2D eigenvalue weighted by atomic mass is 9.91. The zero-order valence-corrected chi connectivity index (χ0v) is 19.3. The fourth-order valence-corrected chi connectivity index (χ4v) is 4.22. The molecule has 182 valence electrons. The van der Waals surface area contributed by atoms with Crippen LogP contribution < -0.4 is 20.8 Å². The van der Waals surface area contributed by atoms with Gasteiger partial charge in [-0.05, 0) is 49.1 Å². The third-order valence-electron chi connectivity index (χ3n) is 6.01. The number of amides is 2. The van der Waals surface area contributed by atoms with Gasteiger partial charge in [-0.25, -0.2) is 0 Å². The Balaban J connectivity index is 1.62. The lowest BCUT2D eigenvalue weighted by Crippen LogP contribution is -2.43. The fraction of sp³-hybridized carbons (Fsp3) is 0.269. The van der Waals surface area contributed by atoms with Crippen molar-refractivity contribution in [3.05, 3.63) is 81.4 Å². The van der Waals surface area contributed by atoms with Gasteiger partial charge in [0.2, 0.25) is 23.0 Å². The van der Waals surface area contributed by atoms with E-state index in [0.717, 1.165) is 17.3 Å². The highest BCUT2D eigenvalue weighted by Crippen LogP contribution is 2.37. The number of rotatable bonds is 6. The van der Waals surface area contributed by atoms with Crippen LogP contribution >= 0.6 is 0 Å². The predicted molar refractivity (Wildman–Crippen MR) is 128 cm³/mol. The Morgan fingerprint density at radius 3 is 2.74 bits per heavy atom. The smallest absolute Gasteiger partial charge is 0.246 e. The van der Waals surface area contributed by atoms with Crippen LogP contribution in [-0.2, 0) is 16.0 Å². The molecule has 2 amide bonds. The molecule has 2 heterocycles. The Morgan fingerprint density at radius 2 is 1.97 bits per heavy atom. The first-order chi connectivity index (χ1) is 16.8. The van der Waals surface area contributed by atoms with Crippen molar-refractivity contribution in [2.24, 2.45) is 0 Å². The summed E-state index contributed by atoms with van der Waals surface area (Å²) < 4.78 is 10.8. The van der Waals surface area contributed by atoms with E-state index in [1.807, 2.05) is 24.3 Å². The third-order valence-corrected chi connectivity index (χ3v) is 6.01. The van der Waals surface area contributed by atoms with Crippen LogP contribution in [0.25, 0.3) is 0 Å². The molecule has 0 saturated carbocycles. The summed E-state index contributed by atoms with van der Waals surface area (Å²) in [6, 6.07) is 12.3. The number of carbonyl (C=O) groups excluding carboxylic acids is 2. The van der Waals surface area contributed by atoms with Crippen molar-refractivity contribution in [1.82, 2.24) is 5.32 Å². The minimum Gasteiger partial charge on any atom is -0.504 e. The van der Waals surface area contributed by atoms with Gasteiger partial charge < -0.3 is 30.0 Å². The molecule has 9 heteroatoms. The lowest BCUT2D eigenvalue weighted by Gasteiger charge is -2.21. The summed E-state index contributed by atoms with van der Waals surface area (Å²) in [6.07, 6.45) is 0.785. The van der Waals surface area contributed by atoms with Gasteiger partial charge >= 0.3 is 0 Å². The van der Waals surface area contributed by atoms with E-state index in [9.17, 15) is 24.6 Å². The van der Waals surface area contributed by atoms with E-state index in [-0.39, 0.29) is 35.3 Å². The second-order valence-electron chi connectivity index (χ2n) is 8.43. The Bertz CT molecular complexity index is 1330. The predicted octanol–water partition coefficient (Wildman–Crippen LogP) is 2.96. The summed E-state index contributed by atoms with van der Waals surface area (Å²) in [4.78, 5) is 38.1. The molecule has 0 saturated heterocycles. The van der Waals surface area contributed by atoms with Crippen molar-refractivity contribution >= 4 is 17.5 Å². The van der Waals surface area contributed by atoms with Crippen molar-refractivity contribution in [3.63, 3.8) is 0 Å². The number of anilines is 1. The van der Waals surface area contributed by atoms with Crippen LogP contribution in [0.15, 0.2) is 57.7 Å². The molecule has 2 aromatic carbocycles. The van der Waals surface area contributed by atoms with Gasteiger partial charge in [-0.1, -0.05) is 24.3 Å². The number of aryl methyl sites for hydroxylation is 2. The van der Waals surface area contributed by atoms with Crippen LogP contribution in [0.2, 0.25) is 0 Å². The normalized spacial score (nSPS) is 15.9. The van der Waals surface area contributed by atoms with Gasteiger partial charge in [-0.15, -0.1) is 0 Å². The maximum atomic E-state index is 13.1. The molecule has 2 atom stereocenters. The molecular weight excluding hydrogens is 452 g/mol. The Morgan fingerprint density at radius 1 is 1.20 bits per heavy atom. The highest BCUT2D eigenvalue weighted by Gasteiger charge is 2.30. The van der Waals surface area contributed by atoms with E-state index >= 15 is 0 Å². The molecule has 1 aliphatic heterocycles. The molecule has 4 rings (SSSR count). The largest absolute Gasteiger partial charge is 0.504 e. The topological polar surface area (TPSA) is 138 Å². The molecule has 4 N–H and O–H groups in total. The Hall–Kier alpha value is -4.27. The van der Waals surface area contributed by atoms with E-state index in [1.165, 1.54) is 19.2 Å². The molecule has 0 spiro atoms. The average Bonchev–Trinajstić information content (AvgIpc) is 2.99. The fourth-order valence-electron chi connectivity index (χ4n) is 4.22. The third kappa shape index (κ3) is 5.13. The van der Waals surface area contributed by atoms with Crippen LogP contribution in [0.5, 0.6) is 17.2 Å². The van der Waals surface area contributed by atoms with Crippen molar-refractivity contribution < 1.29 is 29.0 Å². The van der Waals surface area contributed by atoms with Crippen molar-refractivity contribution in [1.29, 1.82) is 0 Å². The molecule has 0 aliphatic carbocycles. The molecule has 2 unspecified atom stereocenters. The number of fused-ring (bicyclic) bond motifs is 1. The Labute approximate surface area is 201 Å². The van der Waals surface area contributed by atoms with Crippen LogP contribution in [0.4, 0.5) is 5.69 Å². The highest BCUT2D eigenvalue weighted by atomic mass is 16.5. The molecular formula is C26H26N2O7. The number of phenols is 1. The summed E-state index contributed by atoms with van der Waals surface area (Å²) >= 11 is 0. The number of nitrogens with one attached hydrogen (secondary N) is 2. The monoisotopic (exact) mass is 478 g/mol. The van der Waals surface area contributed by atoms with E-state index in [1.54, 1.807) is 13.0 Å². The standard InChI is InChI=1S/C26H26N2O7/c1-14-11-21(30)24(32)25(35-14)17(16-8-10-20(29)22(12-16)34-2)13-23(31)27-19-9-7-15-5-3-4-6-18(15)28-26(19)33/h3-6,8,10-12,17,19,29,32H,7,9,13H2,1-2H3,(H,27,31)(H,28,33). The van der Waals surface area contributed by atoms with E-state index in [0.29, 0.717) is 18.4 Å². The highest BCUT2D eigenvalue weighted by molar-refractivity contribution is 5.98. The van der Waals surface area contributed by atoms with Gasteiger partial charge in [-0.3, -0.25) is 14.4 Å². The molecule has 9 nitrogen and oxygen atoms in total. The number of aromatic hydroxyl groups is 2.